The zero-order valence-electron chi connectivity index (χ0n) is 20.4. The third-order valence-corrected chi connectivity index (χ3v) is 4.74. The van der Waals surface area contributed by atoms with E-state index in [1.807, 2.05) is 6.07 Å². The molecule has 192 valence electrons. The number of carbonyl (C=O) groups excluding carboxylic acids is 1. The number of pyridine rings is 1. The van der Waals surface area contributed by atoms with Crippen LogP contribution in [-0.2, 0) is 25.6 Å². The minimum absolute atomic E-state index is 0.192. The molecule has 0 spiro atoms. The Kier molecular flexibility index (Phi) is 8.72. The van der Waals surface area contributed by atoms with E-state index in [1.54, 1.807) is 51.1 Å². The number of alkyl carbamates (subject to hydrolysis) is 1. The van der Waals surface area contributed by atoms with Crippen LogP contribution in [0.15, 0.2) is 48.9 Å². The second-order valence-electron chi connectivity index (χ2n) is 8.56. The summed E-state index contributed by atoms with van der Waals surface area (Å²) in [5.74, 6) is 1.26. The molecule has 1 amide bonds. The maximum absolute atomic E-state index is 11.7. The lowest BCUT2D eigenvalue weighted by Crippen LogP contribution is -2.34. The molecule has 12 nitrogen and oxygen atoms in total. The summed E-state index contributed by atoms with van der Waals surface area (Å²) in [4.78, 5) is 28.6. The normalized spacial score (nSPS) is 11.6. The number of hydrogen-bond donors (Lipinski definition) is 2. The zero-order chi connectivity index (χ0) is 26.2. The molecule has 0 aliphatic rings. The summed E-state index contributed by atoms with van der Waals surface area (Å²) in [5.41, 5.74) is 1.16. The van der Waals surface area contributed by atoms with Gasteiger partial charge >= 0.3 is 6.09 Å². The number of amides is 1. The Bertz CT molecular complexity index is 1300. The standard InChI is InChI=1S/C23H28N6O6S/c1-23(2,3)35-22(30)25-10-11-33-19-7-5-6-17(13-19)28-21-27-15-26-20(29-21)16-8-9-24-18(12-16)14-34-36(4,31)32/h5-9,12-13,15H,10-11,14H2,1-4H3,(H,25,30)(H,26,27,28,29). The van der Waals surface area contributed by atoms with Crippen molar-refractivity contribution in [1.82, 2.24) is 25.3 Å². The average Bonchev–Trinajstić information content (AvgIpc) is 2.80. The highest BCUT2D eigenvalue weighted by Gasteiger charge is 2.15. The molecule has 0 aliphatic carbocycles. The minimum Gasteiger partial charge on any atom is -0.492 e. The number of hydrogen-bond acceptors (Lipinski definition) is 11. The molecule has 2 aromatic heterocycles. The molecule has 0 aliphatic heterocycles. The van der Waals surface area contributed by atoms with Crippen molar-refractivity contribution in [3.05, 3.63) is 54.6 Å². The van der Waals surface area contributed by atoms with Crippen LogP contribution in [0.5, 0.6) is 5.75 Å². The maximum Gasteiger partial charge on any atom is 0.407 e. The summed E-state index contributed by atoms with van der Waals surface area (Å²) in [6.45, 7) is 5.73. The van der Waals surface area contributed by atoms with Gasteiger partial charge in [-0.15, -0.1) is 0 Å². The number of anilines is 2. The largest absolute Gasteiger partial charge is 0.492 e. The number of nitrogens with zero attached hydrogens (tertiary/aromatic N) is 4. The first-order chi connectivity index (χ1) is 17.0. The van der Waals surface area contributed by atoms with Gasteiger partial charge in [-0.2, -0.15) is 13.4 Å². The topological polar surface area (TPSA) is 155 Å². The number of rotatable bonds is 10. The fraction of sp³-hybridized carbons (Fsp3) is 0.348. The van der Waals surface area contributed by atoms with Crippen LogP contribution in [0, 0.1) is 0 Å². The van der Waals surface area contributed by atoms with E-state index in [2.05, 4.69) is 30.6 Å². The molecule has 3 aromatic rings. The van der Waals surface area contributed by atoms with Crippen LogP contribution in [0.25, 0.3) is 11.4 Å². The first-order valence-corrected chi connectivity index (χ1v) is 12.7. The third kappa shape index (κ3) is 9.43. The van der Waals surface area contributed by atoms with E-state index in [-0.39, 0.29) is 19.8 Å². The van der Waals surface area contributed by atoms with Gasteiger partial charge in [-0.25, -0.2) is 14.8 Å². The Hall–Kier alpha value is -3.84. The monoisotopic (exact) mass is 516 g/mol. The molecule has 0 atom stereocenters. The number of ether oxygens (including phenoxy) is 2. The van der Waals surface area contributed by atoms with Crippen LogP contribution in [-0.4, -0.2) is 59.5 Å². The van der Waals surface area contributed by atoms with Gasteiger partial charge in [-0.3, -0.25) is 9.17 Å². The highest BCUT2D eigenvalue weighted by Crippen LogP contribution is 2.21. The highest BCUT2D eigenvalue weighted by atomic mass is 32.2. The molecule has 0 radical (unpaired) electrons. The molecule has 0 saturated heterocycles. The zero-order valence-corrected chi connectivity index (χ0v) is 21.2. The lowest BCUT2D eigenvalue weighted by atomic mass is 10.2. The Morgan fingerprint density at radius 1 is 1.08 bits per heavy atom. The van der Waals surface area contributed by atoms with Crippen molar-refractivity contribution in [2.45, 2.75) is 33.0 Å². The average molecular weight is 517 g/mol. The van der Waals surface area contributed by atoms with E-state index in [0.717, 1.165) is 6.26 Å². The summed E-state index contributed by atoms with van der Waals surface area (Å²) in [6.07, 6.45) is 3.35. The maximum atomic E-state index is 11.7. The van der Waals surface area contributed by atoms with Crippen molar-refractivity contribution >= 4 is 27.8 Å². The Morgan fingerprint density at radius 3 is 2.64 bits per heavy atom. The first-order valence-electron chi connectivity index (χ1n) is 10.9. The van der Waals surface area contributed by atoms with Crippen LogP contribution < -0.4 is 15.4 Å². The van der Waals surface area contributed by atoms with Crippen LogP contribution in [0.2, 0.25) is 0 Å². The van der Waals surface area contributed by atoms with E-state index in [4.69, 9.17) is 13.7 Å². The van der Waals surface area contributed by atoms with Gasteiger partial charge in [0.25, 0.3) is 10.1 Å². The van der Waals surface area contributed by atoms with Crippen molar-refractivity contribution < 1.29 is 26.9 Å². The van der Waals surface area contributed by atoms with Gasteiger partial charge in [-0.1, -0.05) is 6.07 Å². The highest BCUT2D eigenvalue weighted by molar-refractivity contribution is 7.85. The smallest absolute Gasteiger partial charge is 0.407 e. The summed E-state index contributed by atoms with van der Waals surface area (Å²) in [7, 11) is -3.59. The predicted molar refractivity (Wildman–Crippen MR) is 132 cm³/mol. The summed E-state index contributed by atoms with van der Waals surface area (Å²) in [5, 5.41) is 5.73. The number of carbonyl (C=O) groups is 1. The van der Waals surface area contributed by atoms with E-state index >= 15 is 0 Å². The molecule has 2 N–H and O–H groups in total. The summed E-state index contributed by atoms with van der Waals surface area (Å²) < 4.78 is 38.1. The molecule has 0 saturated carbocycles. The fourth-order valence-corrected chi connectivity index (χ4v) is 3.12. The van der Waals surface area contributed by atoms with E-state index in [0.29, 0.717) is 34.5 Å². The molecule has 0 fully saturated rings. The number of benzene rings is 1. The van der Waals surface area contributed by atoms with Crippen LogP contribution in [0.1, 0.15) is 26.5 Å². The second-order valence-corrected chi connectivity index (χ2v) is 10.2. The van der Waals surface area contributed by atoms with Gasteiger partial charge in [0, 0.05) is 23.5 Å². The molecular weight excluding hydrogens is 488 g/mol. The van der Waals surface area contributed by atoms with Crippen molar-refractivity contribution in [3.8, 4) is 17.1 Å². The van der Waals surface area contributed by atoms with Crippen molar-refractivity contribution in [3.63, 3.8) is 0 Å². The quantitative estimate of drug-likeness (QED) is 0.302. The SMILES string of the molecule is CC(C)(C)OC(=O)NCCOc1cccc(Nc2ncnc(-c3ccnc(COS(C)(=O)=O)c3)n2)c1. The second kappa shape index (κ2) is 11.7. The van der Waals surface area contributed by atoms with Gasteiger partial charge in [0.2, 0.25) is 5.95 Å². The third-order valence-electron chi connectivity index (χ3n) is 4.20. The molecule has 3 rings (SSSR count). The van der Waals surface area contributed by atoms with Gasteiger partial charge in [0.05, 0.1) is 18.5 Å². The van der Waals surface area contributed by atoms with E-state index in [9.17, 15) is 13.2 Å². The number of aromatic nitrogens is 4. The van der Waals surface area contributed by atoms with E-state index in [1.165, 1.54) is 12.5 Å². The fourth-order valence-electron chi connectivity index (χ4n) is 2.79. The Balaban J connectivity index is 1.59. The van der Waals surface area contributed by atoms with Gasteiger partial charge in [0.1, 0.15) is 30.9 Å². The molecule has 2 heterocycles. The first kappa shape index (κ1) is 26.8. The Morgan fingerprint density at radius 2 is 1.89 bits per heavy atom. The van der Waals surface area contributed by atoms with Crippen molar-refractivity contribution in [2.75, 3.05) is 24.7 Å². The van der Waals surface area contributed by atoms with E-state index < -0.39 is 21.8 Å². The van der Waals surface area contributed by atoms with Crippen LogP contribution in [0.3, 0.4) is 0 Å². The van der Waals surface area contributed by atoms with Gasteiger partial charge in [-0.05, 0) is 45.0 Å². The minimum atomic E-state index is -3.59. The summed E-state index contributed by atoms with van der Waals surface area (Å²) in [6, 6.07) is 10.5. The molecule has 36 heavy (non-hydrogen) atoms. The summed E-state index contributed by atoms with van der Waals surface area (Å²) >= 11 is 0. The van der Waals surface area contributed by atoms with Crippen LogP contribution >= 0.6 is 0 Å². The molecular formula is C23H28N6O6S. The molecule has 0 unspecified atom stereocenters. The Labute approximate surface area is 209 Å². The predicted octanol–water partition coefficient (Wildman–Crippen LogP) is 3.06. The molecule has 1 aromatic carbocycles. The molecule has 0 bridgehead atoms. The number of nitrogens with one attached hydrogen (secondary N) is 2. The van der Waals surface area contributed by atoms with Gasteiger partial charge in [0.15, 0.2) is 5.82 Å². The van der Waals surface area contributed by atoms with Crippen molar-refractivity contribution in [1.29, 1.82) is 0 Å². The molecule has 13 heteroatoms. The lowest BCUT2D eigenvalue weighted by molar-refractivity contribution is 0.0520. The van der Waals surface area contributed by atoms with Crippen molar-refractivity contribution in [2.24, 2.45) is 0 Å². The van der Waals surface area contributed by atoms with Gasteiger partial charge < -0.3 is 20.1 Å². The lowest BCUT2D eigenvalue weighted by Gasteiger charge is -2.19. The van der Waals surface area contributed by atoms with Crippen LogP contribution in [0.4, 0.5) is 16.4 Å².